The van der Waals surface area contributed by atoms with Crippen LogP contribution in [0.4, 0.5) is 13.2 Å². The molecule has 0 heterocycles. The van der Waals surface area contributed by atoms with Gasteiger partial charge in [-0.15, -0.1) is 0 Å². The van der Waals surface area contributed by atoms with Crippen LogP contribution in [0.2, 0.25) is 0 Å². The number of halogens is 3. The average Bonchev–Trinajstić information content (AvgIpc) is 2.38. The molecule has 2 unspecified atom stereocenters. The Kier molecular flexibility index (Phi) is 4.82. The van der Waals surface area contributed by atoms with Gasteiger partial charge in [0.25, 0.3) is 0 Å². The highest BCUT2D eigenvalue weighted by Crippen LogP contribution is 2.23. The fourth-order valence-corrected chi connectivity index (χ4v) is 2.54. The van der Waals surface area contributed by atoms with Gasteiger partial charge >= 0.3 is 0 Å². The van der Waals surface area contributed by atoms with Crippen molar-refractivity contribution in [2.75, 3.05) is 6.54 Å². The molecule has 0 aromatic heterocycles. The van der Waals surface area contributed by atoms with Crippen LogP contribution in [0.5, 0.6) is 0 Å². The number of aliphatic hydroxyl groups excluding tert-OH is 1. The Morgan fingerprint density at radius 1 is 1.11 bits per heavy atom. The molecule has 0 bridgehead atoms. The third-order valence-corrected chi connectivity index (χ3v) is 3.65. The minimum Gasteiger partial charge on any atom is -0.393 e. The number of hydrogen-bond donors (Lipinski definition) is 2. The van der Waals surface area contributed by atoms with Crippen LogP contribution in [0.3, 0.4) is 0 Å². The van der Waals surface area contributed by atoms with Crippen molar-refractivity contribution in [3.05, 3.63) is 35.1 Å². The molecule has 2 atom stereocenters. The van der Waals surface area contributed by atoms with Crippen LogP contribution in [0.1, 0.15) is 31.2 Å². The standard InChI is InChI=1S/C14H18F3NO/c15-11-5-9(6-12(16)14(11)17)7-18-8-10-3-1-2-4-13(10)19/h5-6,10,13,18-19H,1-4,7-8H2. The molecule has 0 spiro atoms. The third kappa shape index (κ3) is 3.70. The first-order valence-corrected chi connectivity index (χ1v) is 6.60. The highest BCUT2D eigenvalue weighted by atomic mass is 19.2. The maximum atomic E-state index is 13.0. The van der Waals surface area contributed by atoms with Gasteiger partial charge in [-0.25, -0.2) is 13.2 Å². The van der Waals surface area contributed by atoms with Crippen LogP contribution in [0.15, 0.2) is 12.1 Å². The fraction of sp³-hybridized carbons (Fsp3) is 0.571. The molecule has 0 amide bonds. The lowest BCUT2D eigenvalue weighted by Crippen LogP contribution is -2.33. The smallest absolute Gasteiger partial charge is 0.194 e. The summed E-state index contributed by atoms with van der Waals surface area (Å²) in [6.07, 6.45) is 3.62. The van der Waals surface area contributed by atoms with Gasteiger partial charge in [0.15, 0.2) is 17.5 Å². The largest absolute Gasteiger partial charge is 0.393 e. The molecule has 5 heteroatoms. The summed E-state index contributed by atoms with van der Waals surface area (Å²) in [7, 11) is 0. The van der Waals surface area contributed by atoms with E-state index in [2.05, 4.69) is 5.32 Å². The van der Waals surface area contributed by atoms with E-state index >= 15 is 0 Å². The molecule has 0 saturated heterocycles. The molecule has 1 aliphatic carbocycles. The Labute approximate surface area is 110 Å². The Morgan fingerprint density at radius 2 is 1.74 bits per heavy atom. The molecule has 2 rings (SSSR count). The Bertz CT molecular complexity index is 416. The number of rotatable bonds is 4. The molecule has 0 radical (unpaired) electrons. The molecule has 1 aromatic carbocycles. The van der Waals surface area contributed by atoms with E-state index in [1.165, 1.54) is 0 Å². The van der Waals surface area contributed by atoms with Gasteiger partial charge in [0.05, 0.1) is 6.10 Å². The van der Waals surface area contributed by atoms with E-state index in [9.17, 15) is 18.3 Å². The normalized spacial score (nSPS) is 23.6. The van der Waals surface area contributed by atoms with E-state index < -0.39 is 17.5 Å². The van der Waals surface area contributed by atoms with Gasteiger partial charge in [0.1, 0.15) is 0 Å². The van der Waals surface area contributed by atoms with Gasteiger partial charge in [-0.05, 0) is 36.5 Å². The van der Waals surface area contributed by atoms with Gasteiger partial charge in [0, 0.05) is 13.1 Å². The summed E-state index contributed by atoms with van der Waals surface area (Å²) in [5, 5.41) is 12.8. The maximum absolute atomic E-state index is 13.0. The van der Waals surface area contributed by atoms with Gasteiger partial charge in [-0.1, -0.05) is 12.8 Å². The van der Waals surface area contributed by atoms with E-state index in [-0.39, 0.29) is 18.6 Å². The zero-order chi connectivity index (χ0) is 13.8. The third-order valence-electron chi connectivity index (χ3n) is 3.65. The van der Waals surface area contributed by atoms with Crippen molar-refractivity contribution in [1.82, 2.24) is 5.32 Å². The molecule has 2 nitrogen and oxygen atoms in total. The number of hydrogen-bond acceptors (Lipinski definition) is 2. The van der Waals surface area contributed by atoms with E-state index in [1.54, 1.807) is 0 Å². The second kappa shape index (κ2) is 6.39. The minimum absolute atomic E-state index is 0.184. The lowest BCUT2D eigenvalue weighted by Gasteiger charge is -2.27. The van der Waals surface area contributed by atoms with Crippen molar-refractivity contribution >= 4 is 0 Å². The van der Waals surface area contributed by atoms with Crippen LogP contribution in [0, 0.1) is 23.4 Å². The fourth-order valence-electron chi connectivity index (χ4n) is 2.54. The zero-order valence-corrected chi connectivity index (χ0v) is 10.6. The summed E-state index contributed by atoms with van der Waals surface area (Å²) < 4.78 is 38.8. The first-order chi connectivity index (χ1) is 9.08. The van der Waals surface area contributed by atoms with Crippen LogP contribution in [0.25, 0.3) is 0 Å². The zero-order valence-electron chi connectivity index (χ0n) is 10.6. The highest BCUT2D eigenvalue weighted by molar-refractivity contribution is 5.19. The second-order valence-corrected chi connectivity index (χ2v) is 5.12. The van der Waals surface area contributed by atoms with Gasteiger partial charge in [-0.2, -0.15) is 0 Å². The van der Waals surface area contributed by atoms with Crippen molar-refractivity contribution in [3.8, 4) is 0 Å². The Balaban J connectivity index is 1.85. The molecule has 1 saturated carbocycles. The molecule has 1 aliphatic rings. The van der Waals surface area contributed by atoms with E-state index in [0.29, 0.717) is 12.1 Å². The van der Waals surface area contributed by atoms with E-state index in [4.69, 9.17) is 0 Å². The topological polar surface area (TPSA) is 32.3 Å². The predicted octanol–water partition coefficient (Wildman–Crippen LogP) is 2.74. The molecular weight excluding hydrogens is 255 g/mol. The quantitative estimate of drug-likeness (QED) is 0.827. The summed E-state index contributed by atoms with van der Waals surface area (Å²) in [6.45, 7) is 0.860. The van der Waals surface area contributed by atoms with E-state index in [0.717, 1.165) is 37.8 Å². The molecular formula is C14H18F3NO. The summed E-state index contributed by atoms with van der Waals surface area (Å²) in [5.41, 5.74) is 0.363. The SMILES string of the molecule is OC1CCCCC1CNCc1cc(F)c(F)c(F)c1. The summed E-state index contributed by atoms with van der Waals surface area (Å²) in [5.74, 6) is -3.60. The minimum atomic E-state index is -1.44. The summed E-state index contributed by atoms with van der Waals surface area (Å²) in [6, 6.07) is 1.98. The second-order valence-electron chi connectivity index (χ2n) is 5.12. The van der Waals surface area contributed by atoms with Crippen molar-refractivity contribution in [1.29, 1.82) is 0 Å². The Hall–Kier alpha value is -1.07. The van der Waals surface area contributed by atoms with Gasteiger partial charge in [-0.3, -0.25) is 0 Å². The molecule has 1 aromatic rings. The first kappa shape index (κ1) is 14.3. The molecule has 19 heavy (non-hydrogen) atoms. The van der Waals surface area contributed by atoms with Crippen LogP contribution in [-0.4, -0.2) is 17.8 Å². The van der Waals surface area contributed by atoms with Crippen LogP contribution >= 0.6 is 0 Å². The number of nitrogens with one attached hydrogen (secondary N) is 1. The van der Waals surface area contributed by atoms with Crippen LogP contribution in [-0.2, 0) is 6.54 Å². The predicted molar refractivity (Wildman–Crippen MR) is 66.0 cm³/mol. The molecule has 2 N–H and O–H groups in total. The monoisotopic (exact) mass is 273 g/mol. The lowest BCUT2D eigenvalue weighted by molar-refractivity contribution is 0.0695. The highest BCUT2D eigenvalue weighted by Gasteiger charge is 2.22. The molecule has 1 fully saturated rings. The molecule has 106 valence electrons. The Morgan fingerprint density at radius 3 is 2.37 bits per heavy atom. The molecule has 0 aliphatic heterocycles. The van der Waals surface area contributed by atoms with Crippen LogP contribution < -0.4 is 5.32 Å². The van der Waals surface area contributed by atoms with E-state index in [1.807, 2.05) is 0 Å². The summed E-state index contributed by atoms with van der Waals surface area (Å²) in [4.78, 5) is 0. The van der Waals surface area contributed by atoms with Gasteiger partial charge in [0.2, 0.25) is 0 Å². The van der Waals surface area contributed by atoms with Crippen molar-refractivity contribution in [2.45, 2.75) is 38.3 Å². The van der Waals surface area contributed by atoms with Crippen molar-refractivity contribution < 1.29 is 18.3 Å². The first-order valence-electron chi connectivity index (χ1n) is 6.60. The number of benzene rings is 1. The van der Waals surface area contributed by atoms with Gasteiger partial charge < -0.3 is 10.4 Å². The lowest BCUT2D eigenvalue weighted by atomic mass is 9.86. The average molecular weight is 273 g/mol. The maximum Gasteiger partial charge on any atom is 0.194 e. The number of aliphatic hydroxyl groups is 1. The van der Waals surface area contributed by atoms with Crippen molar-refractivity contribution in [2.24, 2.45) is 5.92 Å². The summed E-state index contributed by atoms with van der Waals surface area (Å²) >= 11 is 0. The van der Waals surface area contributed by atoms with Crippen molar-refractivity contribution in [3.63, 3.8) is 0 Å².